The lowest BCUT2D eigenvalue weighted by atomic mass is 9.88. The van der Waals surface area contributed by atoms with E-state index in [0.29, 0.717) is 0 Å². The van der Waals surface area contributed by atoms with Crippen LogP contribution in [0.1, 0.15) is 13.3 Å². The fraction of sp³-hybridized carbons (Fsp3) is 0.833. The summed E-state index contributed by atoms with van der Waals surface area (Å²) in [4.78, 5) is 22.3. The summed E-state index contributed by atoms with van der Waals surface area (Å²) in [6.45, 7) is 0.341. The first-order valence-electron chi connectivity index (χ1n) is 6.54. The molecular formula is C12H20NO9-. The molecule has 1 aliphatic heterocycles. The van der Waals surface area contributed by atoms with Crippen molar-refractivity contribution in [2.75, 3.05) is 13.7 Å². The van der Waals surface area contributed by atoms with Crippen LogP contribution in [0.2, 0.25) is 0 Å². The van der Waals surface area contributed by atoms with Crippen LogP contribution in [0.3, 0.4) is 0 Å². The number of carbonyl (C=O) groups is 2. The SMILES string of the molecule is COC1CC(O)(C(=O)[O-])O[C@H](C(O)C(O)CO)[C@@H]1NC(C)=O. The summed E-state index contributed by atoms with van der Waals surface area (Å²) in [7, 11) is 1.21. The molecule has 0 radical (unpaired) electrons. The van der Waals surface area contributed by atoms with Crippen LogP contribution in [-0.2, 0) is 19.1 Å². The molecule has 1 heterocycles. The normalized spacial score (nSPS) is 34.7. The van der Waals surface area contributed by atoms with Crippen molar-refractivity contribution in [2.24, 2.45) is 0 Å². The van der Waals surface area contributed by atoms with Crippen molar-refractivity contribution < 1.29 is 44.6 Å². The largest absolute Gasteiger partial charge is 0.544 e. The lowest BCUT2D eigenvalue weighted by Crippen LogP contribution is -2.69. The maximum Gasteiger partial charge on any atom is 0.217 e. The molecule has 128 valence electrons. The Morgan fingerprint density at radius 1 is 1.50 bits per heavy atom. The van der Waals surface area contributed by atoms with E-state index in [4.69, 9.17) is 14.6 Å². The number of aliphatic carboxylic acids is 1. The number of carboxylic acid groups (broad SMARTS) is 1. The third-order valence-corrected chi connectivity index (χ3v) is 3.47. The number of nitrogens with one attached hydrogen (secondary N) is 1. The van der Waals surface area contributed by atoms with Gasteiger partial charge in [0.1, 0.15) is 24.3 Å². The Balaban J connectivity index is 3.15. The molecule has 0 spiro atoms. The molecule has 1 aliphatic rings. The molecule has 0 aromatic carbocycles. The molecule has 5 N–H and O–H groups in total. The first-order valence-corrected chi connectivity index (χ1v) is 6.54. The predicted octanol–water partition coefficient (Wildman–Crippen LogP) is -4.55. The van der Waals surface area contributed by atoms with Crippen LogP contribution in [0.4, 0.5) is 0 Å². The van der Waals surface area contributed by atoms with E-state index in [-0.39, 0.29) is 0 Å². The second-order valence-electron chi connectivity index (χ2n) is 5.10. The molecular weight excluding hydrogens is 302 g/mol. The number of hydrogen-bond acceptors (Lipinski definition) is 9. The summed E-state index contributed by atoms with van der Waals surface area (Å²) in [5.41, 5.74) is 0. The van der Waals surface area contributed by atoms with Crippen LogP contribution in [0, 0.1) is 0 Å². The number of methoxy groups -OCH3 is 1. The zero-order chi connectivity index (χ0) is 17.1. The molecule has 4 unspecified atom stereocenters. The van der Waals surface area contributed by atoms with Crippen molar-refractivity contribution in [2.45, 2.75) is 49.6 Å². The predicted molar refractivity (Wildman–Crippen MR) is 66.9 cm³/mol. The number of hydrogen-bond donors (Lipinski definition) is 5. The van der Waals surface area contributed by atoms with E-state index >= 15 is 0 Å². The van der Waals surface area contributed by atoms with Gasteiger partial charge in [-0.05, 0) is 0 Å². The van der Waals surface area contributed by atoms with E-state index in [0.717, 1.165) is 0 Å². The highest BCUT2D eigenvalue weighted by Crippen LogP contribution is 2.31. The van der Waals surface area contributed by atoms with Gasteiger partial charge in [0.05, 0.1) is 18.8 Å². The number of aliphatic hydroxyl groups excluding tert-OH is 3. The fourth-order valence-electron chi connectivity index (χ4n) is 2.34. The molecule has 0 aromatic heterocycles. The molecule has 10 nitrogen and oxygen atoms in total. The average molecular weight is 322 g/mol. The van der Waals surface area contributed by atoms with Crippen molar-refractivity contribution in [3.63, 3.8) is 0 Å². The zero-order valence-electron chi connectivity index (χ0n) is 12.1. The lowest BCUT2D eigenvalue weighted by molar-refractivity contribution is -0.374. The maximum absolute atomic E-state index is 11.3. The Hall–Kier alpha value is -1.30. The average Bonchev–Trinajstić information content (AvgIpc) is 2.46. The zero-order valence-corrected chi connectivity index (χ0v) is 12.1. The number of carboxylic acids is 1. The smallest absolute Gasteiger partial charge is 0.217 e. The molecule has 1 rings (SSSR count). The summed E-state index contributed by atoms with van der Waals surface area (Å²) in [5.74, 6) is -5.24. The van der Waals surface area contributed by atoms with Crippen LogP contribution < -0.4 is 10.4 Å². The van der Waals surface area contributed by atoms with Gasteiger partial charge in [-0.2, -0.15) is 0 Å². The minimum absolute atomic E-state index is 0.523. The standard InChI is InChI=1S/C12H21NO9/c1-5(15)13-8-7(21-2)3-12(20,11(18)19)22-10(8)9(17)6(16)4-14/h6-10,14,16-17,20H,3-4H2,1-2H3,(H,13,15)(H,18,19)/p-1/t6?,7?,8-,9?,10+,12?/m1/s1. The van der Waals surface area contributed by atoms with Gasteiger partial charge in [-0.15, -0.1) is 0 Å². The first kappa shape index (κ1) is 18.7. The maximum atomic E-state index is 11.3. The van der Waals surface area contributed by atoms with Gasteiger partial charge < -0.3 is 45.1 Å². The number of ether oxygens (including phenoxy) is 2. The molecule has 1 fully saturated rings. The molecule has 1 amide bonds. The van der Waals surface area contributed by atoms with Crippen LogP contribution in [0.5, 0.6) is 0 Å². The molecule has 6 atom stereocenters. The second kappa shape index (κ2) is 7.31. The van der Waals surface area contributed by atoms with Crippen molar-refractivity contribution in [3.05, 3.63) is 0 Å². The van der Waals surface area contributed by atoms with Gasteiger partial charge in [-0.3, -0.25) is 4.79 Å². The molecule has 1 saturated heterocycles. The Bertz CT molecular complexity index is 417. The Morgan fingerprint density at radius 2 is 2.09 bits per heavy atom. The van der Waals surface area contributed by atoms with E-state index in [1.807, 2.05) is 0 Å². The Labute approximate surface area is 126 Å². The number of amides is 1. The van der Waals surface area contributed by atoms with E-state index in [1.165, 1.54) is 14.0 Å². The monoisotopic (exact) mass is 322 g/mol. The summed E-state index contributed by atoms with van der Waals surface area (Å²) >= 11 is 0. The minimum atomic E-state index is -2.77. The molecule has 0 aromatic rings. The Morgan fingerprint density at radius 3 is 2.50 bits per heavy atom. The van der Waals surface area contributed by atoms with Gasteiger partial charge in [-0.25, -0.2) is 0 Å². The highest BCUT2D eigenvalue weighted by atomic mass is 16.7. The quantitative estimate of drug-likeness (QED) is 0.323. The van der Waals surface area contributed by atoms with Gasteiger partial charge in [-0.1, -0.05) is 0 Å². The van der Waals surface area contributed by atoms with E-state index < -0.39 is 61.1 Å². The third-order valence-electron chi connectivity index (χ3n) is 3.47. The van der Waals surface area contributed by atoms with E-state index in [2.05, 4.69) is 5.32 Å². The number of carbonyl (C=O) groups excluding carboxylic acids is 2. The molecule has 22 heavy (non-hydrogen) atoms. The molecule has 10 heteroatoms. The van der Waals surface area contributed by atoms with Crippen LogP contribution >= 0.6 is 0 Å². The lowest BCUT2D eigenvalue weighted by Gasteiger charge is -2.47. The van der Waals surface area contributed by atoms with Crippen LogP contribution in [-0.4, -0.2) is 82.3 Å². The molecule has 0 aliphatic carbocycles. The molecule has 0 saturated carbocycles. The summed E-state index contributed by atoms with van der Waals surface area (Å²) in [6.07, 6.45) is -6.61. The Kier molecular flexibility index (Phi) is 6.23. The van der Waals surface area contributed by atoms with Gasteiger partial charge in [0.2, 0.25) is 11.7 Å². The highest BCUT2D eigenvalue weighted by molar-refractivity contribution is 5.74. The van der Waals surface area contributed by atoms with E-state index in [1.54, 1.807) is 0 Å². The van der Waals surface area contributed by atoms with E-state index in [9.17, 15) is 30.0 Å². The fourth-order valence-corrected chi connectivity index (χ4v) is 2.34. The van der Waals surface area contributed by atoms with Gasteiger partial charge in [0, 0.05) is 20.5 Å². The van der Waals surface area contributed by atoms with Crippen LogP contribution in [0.25, 0.3) is 0 Å². The highest BCUT2D eigenvalue weighted by Gasteiger charge is 2.51. The summed E-state index contributed by atoms with van der Waals surface area (Å²) < 4.78 is 9.99. The first-order chi connectivity index (χ1) is 10.2. The van der Waals surface area contributed by atoms with Crippen molar-refractivity contribution >= 4 is 11.9 Å². The minimum Gasteiger partial charge on any atom is -0.544 e. The number of rotatable bonds is 6. The van der Waals surface area contributed by atoms with Crippen molar-refractivity contribution in [3.8, 4) is 0 Å². The van der Waals surface area contributed by atoms with Crippen LogP contribution in [0.15, 0.2) is 0 Å². The summed E-state index contributed by atoms with van der Waals surface area (Å²) in [5, 5.41) is 51.8. The number of aliphatic hydroxyl groups is 4. The molecule has 0 bridgehead atoms. The van der Waals surface area contributed by atoms with Gasteiger partial charge in [0.25, 0.3) is 0 Å². The van der Waals surface area contributed by atoms with Crippen molar-refractivity contribution in [1.29, 1.82) is 0 Å². The van der Waals surface area contributed by atoms with Gasteiger partial charge in [0.15, 0.2) is 0 Å². The van der Waals surface area contributed by atoms with Gasteiger partial charge >= 0.3 is 0 Å². The topological polar surface area (TPSA) is 169 Å². The van der Waals surface area contributed by atoms with Crippen molar-refractivity contribution in [1.82, 2.24) is 5.32 Å². The second-order valence-corrected chi connectivity index (χ2v) is 5.10. The third kappa shape index (κ3) is 3.91. The summed E-state index contributed by atoms with van der Waals surface area (Å²) in [6, 6.07) is -1.06.